The number of hydrogen-bond acceptors (Lipinski definition) is 5. The number of hydrogen-bond donors (Lipinski definition) is 3. The minimum absolute atomic E-state index is 0.00789. The summed E-state index contributed by atoms with van der Waals surface area (Å²) in [6, 6.07) is 14.2. The summed E-state index contributed by atoms with van der Waals surface area (Å²) in [7, 11) is 0. The Bertz CT molecular complexity index is 1200. The van der Waals surface area contributed by atoms with Gasteiger partial charge in [0.05, 0.1) is 23.8 Å². The van der Waals surface area contributed by atoms with Gasteiger partial charge in [-0.3, -0.25) is 9.59 Å². The van der Waals surface area contributed by atoms with E-state index in [1.165, 1.54) is 16.8 Å². The maximum atomic E-state index is 13.1. The van der Waals surface area contributed by atoms with Crippen molar-refractivity contribution in [3.8, 4) is 11.6 Å². The van der Waals surface area contributed by atoms with E-state index in [0.29, 0.717) is 16.3 Å². The lowest BCUT2D eigenvalue weighted by molar-refractivity contribution is -0.137. The Labute approximate surface area is 213 Å². The van der Waals surface area contributed by atoms with Crippen molar-refractivity contribution in [2.75, 3.05) is 6.61 Å². The number of rotatable bonds is 10. The van der Waals surface area contributed by atoms with E-state index in [-0.39, 0.29) is 29.1 Å². The van der Waals surface area contributed by atoms with Gasteiger partial charge in [0.1, 0.15) is 6.61 Å². The molecule has 3 rings (SSSR count). The second-order valence-electron chi connectivity index (χ2n) is 8.71. The molecule has 0 bridgehead atoms. The van der Waals surface area contributed by atoms with E-state index in [1.54, 1.807) is 31.2 Å². The molecule has 3 aromatic rings. The van der Waals surface area contributed by atoms with Gasteiger partial charge >= 0.3 is 5.97 Å². The predicted octanol–water partition coefficient (Wildman–Crippen LogP) is 4.91. The monoisotopic (exact) mass is 519 g/mol. The molecule has 0 aliphatic heterocycles. The molecule has 35 heavy (non-hydrogen) atoms. The van der Waals surface area contributed by atoms with Crippen molar-refractivity contribution < 1.29 is 24.5 Å². The van der Waals surface area contributed by atoms with Gasteiger partial charge in [0.25, 0.3) is 5.91 Å². The normalized spacial score (nSPS) is 13.8. The zero-order chi connectivity index (χ0) is 25.8. The van der Waals surface area contributed by atoms with Gasteiger partial charge in [0, 0.05) is 16.1 Å². The van der Waals surface area contributed by atoms with E-state index in [9.17, 15) is 19.8 Å². The van der Waals surface area contributed by atoms with Crippen LogP contribution in [0.25, 0.3) is 5.69 Å². The number of aliphatic hydroxyl groups is 1. The molecule has 186 valence electrons. The third-order valence-corrected chi connectivity index (χ3v) is 6.25. The fraction of sp³-hybridized carbons (Fsp3) is 0.320. The number of benzene rings is 2. The van der Waals surface area contributed by atoms with Crippen molar-refractivity contribution in [2.45, 2.75) is 38.8 Å². The van der Waals surface area contributed by atoms with E-state index in [2.05, 4.69) is 10.4 Å². The van der Waals surface area contributed by atoms with Crippen LogP contribution in [-0.2, 0) is 4.79 Å². The van der Waals surface area contributed by atoms with Crippen LogP contribution in [0.1, 0.15) is 49.3 Å². The van der Waals surface area contributed by atoms with Crippen LogP contribution >= 0.6 is 23.2 Å². The Morgan fingerprint density at radius 1 is 1.14 bits per heavy atom. The highest BCUT2D eigenvalue weighted by Gasteiger charge is 2.28. The Hall–Kier alpha value is -3.07. The van der Waals surface area contributed by atoms with Gasteiger partial charge in [-0.25, -0.2) is 4.68 Å². The summed E-state index contributed by atoms with van der Waals surface area (Å²) in [6.45, 7) is 5.40. The van der Waals surface area contributed by atoms with Gasteiger partial charge in [0.2, 0.25) is 5.88 Å². The number of carboxylic acid groups (broad SMARTS) is 1. The maximum absolute atomic E-state index is 13.1. The fourth-order valence-electron chi connectivity index (χ4n) is 3.15. The van der Waals surface area contributed by atoms with Gasteiger partial charge < -0.3 is 20.3 Å². The van der Waals surface area contributed by atoms with Gasteiger partial charge in [-0.15, -0.1) is 0 Å². The number of para-hydroxylation sites is 1. The van der Waals surface area contributed by atoms with Gasteiger partial charge in [0.15, 0.2) is 5.69 Å². The Balaban J connectivity index is 1.92. The van der Waals surface area contributed by atoms with Crippen LogP contribution in [0.2, 0.25) is 10.0 Å². The summed E-state index contributed by atoms with van der Waals surface area (Å²) in [6.07, 6.45) is -0.396. The first-order valence-electron chi connectivity index (χ1n) is 11.0. The Morgan fingerprint density at radius 3 is 2.43 bits per heavy atom. The van der Waals surface area contributed by atoms with Crippen LogP contribution in [-0.4, -0.2) is 44.1 Å². The number of carbonyl (C=O) groups excluding carboxylic acids is 1. The first-order valence-corrected chi connectivity index (χ1v) is 11.7. The molecule has 0 spiro atoms. The molecule has 0 aliphatic carbocycles. The van der Waals surface area contributed by atoms with E-state index in [1.807, 2.05) is 32.0 Å². The van der Waals surface area contributed by atoms with Crippen LogP contribution in [0.5, 0.6) is 5.88 Å². The second kappa shape index (κ2) is 11.1. The number of carbonyl (C=O) groups is 2. The third kappa shape index (κ3) is 6.75. The summed E-state index contributed by atoms with van der Waals surface area (Å²) in [5.41, 5.74) is -0.0348. The minimum Gasteiger partial charge on any atom is -0.481 e. The topological polar surface area (TPSA) is 114 Å². The first kappa shape index (κ1) is 26.5. The van der Waals surface area contributed by atoms with Gasteiger partial charge in [-0.1, -0.05) is 61.3 Å². The average Bonchev–Trinajstić information content (AvgIpc) is 3.22. The third-order valence-electron chi connectivity index (χ3n) is 5.69. The quantitative estimate of drug-likeness (QED) is 0.350. The van der Waals surface area contributed by atoms with Crippen LogP contribution in [0.3, 0.4) is 0 Å². The zero-order valence-electron chi connectivity index (χ0n) is 19.5. The molecule has 0 fully saturated rings. The van der Waals surface area contributed by atoms with Crippen molar-refractivity contribution in [1.29, 1.82) is 0 Å². The smallest absolute Gasteiger partial charge is 0.305 e. The Kier molecular flexibility index (Phi) is 8.43. The first-order chi connectivity index (χ1) is 16.5. The molecular formula is C25H27Cl2N3O5. The molecule has 2 atom stereocenters. The van der Waals surface area contributed by atoms with Crippen molar-refractivity contribution in [2.24, 2.45) is 5.92 Å². The van der Waals surface area contributed by atoms with Crippen molar-refractivity contribution >= 4 is 35.1 Å². The summed E-state index contributed by atoms with van der Waals surface area (Å²) < 4.78 is 7.33. The number of halogens is 2. The molecule has 0 radical (unpaired) electrons. The predicted molar refractivity (Wildman–Crippen MR) is 133 cm³/mol. The molecule has 1 aromatic heterocycles. The van der Waals surface area contributed by atoms with Crippen molar-refractivity contribution in [3.63, 3.8) is 0 Å². The molecule has 2 aromatic carbocycles. The molecule has 10 heteroatoms. The SMILES string of the molecule is CC(C)[C@](C)(O)COc1cc(C(=O)N[C@@H](CC(=O)O)c2ccc(Cl)cc2Cl)nn1-c1ccccc1. The number of ether oxygens (including phenoxy) is 1. The summed E-state index contributed by atoms with van der Waals surface area (Å²) >= 11 is 12.2. The average molecular weight is 520 g/mol. The highest BCUT2D eigenvalue weighted by Crippen LogP contribution is 2.29. The molecule has 1 amide bonds. The molecule has 0 unspecified atom stereocenters. The number of carboxylic acids is 1. The number of nitrogens with one attached hydrogen (secondary N) is 1. The number of amides is 1. The summed E-state index contributed by atoms with van der Waals surface area (Å²) in [4.78, 5) is 24.6. The standard InChI is InChI=1S/C25H27Cl2N3O5/c1-15(2)25(3,34)14-35-22-12-21(29-30(22)17-7-5-4-6-8-17)24(33)28-20(13-23(31)32)18-10-9-16(26)11-19(18)27/h4-12,15,20,34H,13-14H2,1-3H3,(H,28,33)(H,31,32)/t20-,25+/m0/s1. The van der Waals surface area contributed by atoms with Crippen LogP contribution in [0.4, 0.5) is 0 Å². The minimum atomic E-state index is -1.11. The van der Waals surface area contributed by atoms with Crippen LogP contribution in [0.15, 0.2) is 54.6 Å². The Morgan fingerprint density at radius 2 is 1.83 bits per heavy atom. The lowest BCUT2D eigenvalue weighted by Gasteiger charge is -2.27. The lowest BCUT2D eigenvalue weighted by Crippen LogP contribution is -2.38. The highest BCUT2D eigenvalue weighted by atomic mass is 35.5. The van der Waals surface area contributed by atoms with E-state index in [4.69, 9.17) is 27.9 Å². The van der Waals surface area contributed by atoms with Gasteiger partial charge in [-0.2, -0.15) is 5.10 Å². The molecular weight excluding hydrogens is 493 g/mol. The molecule has 1 heterocycles. The molecule has 0 saturated carbocycles. The zero-order valence-corrected chi connectivity index (χ0v) is 21.0. The molecule has 8 nitrogen and oxygen atoms in total. The second-order valence-corrected chi connectivity index (χ2v) is 9.55. The molecule has 0 saturated heterocycles. The van der Waals surface area contributed by atoms with E-state index < -0.39 is 29.9 Å². The lowest BCUT2D eigenvalue weighted by atomic mass is 9.94. The van der Waals surface area contributed by atoms with E-state index in [0.717, 1.165) is 0 Å². The molecule has 0 aliphatic rings. The van der Waals surface area contributed by atoms with Crippen LogP contribution in [0, 0.1) is 5.92 Å². The van der Waals surface area contributed by atoms with Crippen LogP contribution < -0.4 is 10.1 Å². The fourth-order valence-corrected chi connectivity index (χ4v) is 3.69. The van der Waals surface area contributed by atoms with Gasteiger partial charge in [-0.05, 0) is 42.7 Å². The summed E-state index contributed by atoms with van der Waals surface area (Å²) in [5.74, 6) is -1.55. The molecule has 3 N–H and O–H groups in total. The van der Waals surface area contributed by atoms with Crippen molar-refractivity contribution in [1.82, 2.24) is 15.1 Å². The number of aliphatic carboxylic acids is 1. The summed E-state index contributed by atoms with van der Waals surface area (Å²) in [5, 5.41) is 27.7. The van der Waals surface area contributed by atoms with Crippen molar-refractivity contribution in [3.05, 3.63) is 75.9 Å². The number of aromatic nitrogens is 2. The largest absolute Gasteiger partial charge is 0.481 e. The maximum Gasteiger partial charge on any atom is 0.305 e. The van der Waals surface area contributed by atoms with E-state index >= 15 is 0 Å². The highest BCUT2D eigenvalue weighted by molar-refractivity contribution is 6.35. The number of nitrogens with zero attached hydrogens (tertiary/aromatic N) is 2.